The highest BCUT2D eigenvalue weighted by molar-refractivity contribution is 6.30. The fourth-order valence-electron chi connectivity index (χ4n) is 8.74. The highest BCUT2D eigenvalue weighted by atomic mass is 15.0. The molecule has 0 radical (unpaired) electrons. The molecular formula is C48H26N4. The monoisotopic (exact) mass is 658 g/mol. The molecule has 0 aliphatic rings. The van der Waals surface area contributed by atoms with Crippen molar-refractivity contribution in [3.05, 3.63) is 169 Å². The highest BCUT2D eigenvalue weighted by Gasteiger charge is 2.23. The highest BCUT2D eigenvalue weighted by Crippen LogP contribution is 2.44. The van der Waals surface area contributed by atoms with Gasteiger partial charge < -0.3 is 9.13 Å². The number of aromatic nitrogens is 2. The average Bonchev–Trinajstić information content (AvgIpc) is 3.74. The first kappa shape index (κ1) is 28.4. The van der Waals surface area contributed by atoms with Gasteiger partial charge in [0.05, 0.1) is 44.6 Å². The summed E-state index contributed by atoms with van der Waals surface area (Å²) < 4.78 is 4.36. The predicted octanol–water partition coefficient (Wildman–Crippen LogP) is 12.2. The van der Waals surface area contributed by atoms with Gasteiger partial charge in [0.15, 0.2) is 0 Å². The van der Waals surface area contributed by atoms with Gasteiger partial charge in [-0.1, -0.05) is 121 Å². The van der Waals surface area contributed by atoms with Gasteiger partial charge in [-0.25, -0.2) is 0 Å². The normalized spacial score (nSPS) is 11.8. The lowest BCUT2D eigenvalue weighted by atomic mass is 10.00. The first-order valence-corrected chi connectivity index (χ1v) is 17.4. The van der Waals surface area contributed by atoms with E-state index in [0.29, 0.717) is 22.5 Å². The minimum atomic E-state index is 0.491. The summed E-state index contributed by atoms with van der Waals surface area (Å²) in [6, 6.07) is 60.0. The Morgan fingerprint density at radius 1 is 0.327 bits per heavy atom. The molecule has 52 heavy (non-hydrogen) atoms. The van der Waals surface area contributed by atoms with Gasteiger partial charge in [-0.2, -0.15) is 10.5 Å². The molecule has 0 bridgehead atoms. The lowest BCUT2D eigenvalue weighted by molar-refractivity contribution is 1.12. The standard InChI is InChI=1S/C48H26N4/c49-27-33-26-44(52-41-23-19-31-11-3-7-15-37(31)47(41)48-38-16-8-4-12-32(38)20-24-42(48)52)34(28-50)25-43(33)51-39-21-17-29-9-1-5-13-35(29)45(39)46-36-14-6-2-10-30(36)18-22-40(46)51/h1-26H. The lowest BCUT2D eigenvalue weighted by Crippen LogP contribution is -2.04. The van der Waals surface area contributed by atoms with E-state index >= 15 is 0 Å². The molecule has 0 N–H and O–H groups in total. The smallest absolute Gasteiger partial charge is 0.101 e. The van der Waals surface area contributed by atoms with Crippen LogP contribution in [0.4, 0.5) is 0 Å². The van der Waals surface area contributed by atoms with Crippen LogP contribution in [0.15, 0.2) is 158 Å². The van der Waals surface area contributed by atoms with Gasteiger partial charge in [-0.3, -0.25) is 0 Å². The molecule has 0 amide bonds. The number of nitrogens with zero attached hydrogens (tertiary/aromatic N) is 4. The molecule has 9 aromatic carbocycles. The topological polar surface area (TPSA) is 57.4 Å². The summed E-state index contributed by atoms with van der Waals surface area (Å²) in [6.45, 7) is 0. The van der Waals surface area contributed by atoms with Crippen LogP contribution in [-0.2, 0) is 0 Å². The molecule has 2 aromatic heterocycles. The van der Waals surface area contributed by atoms with Gasteiger partial charge in [-0.15, -0.1) is 0 Å². The van der Waals surface area contributed by atoms with E-state index < -0.39 is 0 Å². The first-order chi connectivity index (χ1) is 25.7. The van der Waals surface area contributed by atoms with E-state index in [9.17, 15) is 10.5 Å². The van der Waals surface area contributed by atoms with Crippen LogP contribution >= 0.6 is 0 Å². The molecule has 4 heteroatoms. The molecule has 11 aromatic rings. The largest absolute Gasteiger partial charge is 0.308 e. The Labute approximate surface area is 297 Å². The van der Waals surface area contributed by atoms with E-state index in [1.807, 2.05) is 12.1 Å². The van der Waals surface area contributed by atoms with Crippen molar-refractivity contribution in [3.63, 3.8) is 0 Å². The second kappa shape index (κ2) is 10.6. The van der Waals surface area contributed by atoms with Crippen molar-refractivity contribution in [1.82, 2.24) is 9.13 Å². The minimum absolute atomic E-state index is 0.491. The second-order valence-electron chi connectivity index (χ2n) is 13.5. The van der Waals surface area contributed by atoms with Crippen LogP contribution in [0, 0.1) is 22.7 Å². The fraction of sp³-hybridized carbons (Fsp3) is 0. The summed E-state index contributed by atoms with van der Waals surface area (Å²) >= 11 is 0. The van der Waals surface area contributed by atoms with Crippen molar-refractivity contribution in [2.24, 2.45) is 0 Å². The lowest BCUT2D eigenvalue weighted by Gasteiger charge is -2.16. The van der Waals surface area contributed by atoms with Crippen molar-refractivity contribution in [3.8, 4) is 23.5 Å². The summed E-state index contributed by atoms with van der Waals surface area (Å²) in [6.07, 6.45) is 0. The molecular weight excluding hydrogens is 633 g/mol. The summed E-state index contributed by atoms with van der Waals surface area (Å²) in [5, 5.41) is 35.7. The van der Waals surface area contributed by atoms with E-state index in [2.05, 4.69) is 167 Å². The van der Waals surface area contributed by atoms with Crippen LogP contribution in [0.3, 0.4) is 0 Å². The van der Waals surface area contributed by atoms with Crippen molar-refractivity contribution < 1.29 is 0 Å². The molecule has 0 unspecified atom stereocenters. The second-order valence-corrected chi connectivity index (χ2v) is 13.5. The van der Waals surface area contributed by atoms with Gasteiger partial charge in [-0.05, 0) is 79.5 Å². The number of fused-ring (bicyclic) bond motifs is 14. The number of hydrogen-bond acceptors (Lipinski definition) is 2. The van der Waals surface area contributed by atoms with Gasteiger partial charge in [0.1, 0.15) is 12.1 Å². The summed E-state index contributed by atoms with van der Waals surface area (Å²) in [5.41, 5.74) is 6.33. The van der Waals surface area contributed by atoms with Gasteiger partial charge >= 0.3 is 0 Å². The molecule has 0 aliphatic carbocycles. The van der Waals surface area contributed by atoms with E-state index in [1.165, 1.54) is 0 Å². The van der Waals surface area contributed by atoms with Crippen molar-refractivity contribution in [1.29, 1.82) is 10.5 Å². The maximum absolute atomic E-state index is 10.9. The molecule has 0 spiro atoms. The zero-order valence-electron chi connectivity index (χ0n) is 27.8. The summed E-state index contributed by atoms with van der Waals surface area (Å²) in [4.78, 5) is 0. The Morgan fingerprint density at radius 3 is 0.865 bits per heavy atom. The van der Waals surface area contributed by atoms with E-state index in [0.717, 1.165) is 86.7 Å². The third kappa shape index (κ3) is 3.73. The van der Waals surface area contributed by atoms with Crippen LogP contribution < -0.4 is 0 Å². The summed E-state index contributed by atoms with van der Waals surface area (Å²) in [7, 11) is 0. The Morgan fingerprint density at radius 2 is 0.596 bits per heavy atom. The number of nitriles is 2. The minimum Gasteiger partial charge on any atom is -0.308 e. The Bertz CT molecular complexity index is 3020. The molecule has 0 aliphatic heterocycles. The number of benzene rings is 9. The molecule has 238 valence electrons. The van der Waals surface area contributed by atoms with Crippen LogP contribution in [0.25, 0.3) is 98.1 Å². The molecule has 0 saturated carbocycles. The maximum atomic E-state index is 10.9. The molecule has 0 saturated heterocycles. The molecule has 4 nitrogen and oxygen atoms in total. The van der Waals surface area contributed by atoms with Gasteiger partial charge in [0, 0.05) is 21.5 Å². The molecule has 0 fully saturated rings. The zero-order valence-corrected chi connectivity index (χ0v) is 27.8. The molecule has 11 rings (SSSR count). The number of rotatable bonds is 2. The Kier molecular flexibility index (Phi) is 5.77. The van der Waals surface area contributed by atoms with Gasteiger partial charge in [0.25, 0.3) is 0 Å². The van der Waals surface area contributed by atoms with Crippen molar-refractivity contribution in [2.75, 3.05) is 0 Å². The van der Waals surface area contributed by atoms with Crippen LogP contribution in [-0.4, -0.2) is 9.13 Å². The van der Waals surface area contributed by atoms with E-state index in [4.69, 9.17) is 0 Å². The molecule has 2 heterocycles. The quantitative estimate of drug-likeness (QED) is 0.186. The van der Waals surface area contributed by atoms with E-state index in [1.54, 1.807) is 0 Å². The number of hydrogen-bond donors (Lipinski definition) is 0. The summed E-state index contributed by atoms with van der Waals surface area (Å²) in [5.74, 6) is 0. The predicted molar refractivity (Wildman–Crippen MR) is 215 cm³/mol. The van der Waals surface area contributed by atoms with Crippen LogP contribution in [0.2, 0.25) is 0 Å². The molecule has 0 atom stereocenters. The van der Waals surface area contributed by atoms with Crippen LogP contribution in [0.5, 0.6) is 0 Å². The van der Waals surface area contributed by atoms with Crippen LogP contribution in [0.1, 0.15) is 11.1 Å². The van der Waals surface area contributed by atoms with Crippen molar-refractivity contribution >= 4 is 86.7 Å². The van der Waals surface area contributed by atoms with Gasteiger partial charge in [0.2, 0.25) is 0 Å². The third-order valence-electron chi connectivity index (χ3n) is 10.9. The SMILES string of the molecule is N#Cc1cc(-n2c3ccc4ccccc4c3c3c4ccccc4ccc32)c(C#N)cc1-n1c2ccc3ccccc3c2c2c3ccccc3ccc21. The van der Waals surface area contributed by atoms with E-state index in [-0.39, 0.29) is 0 Å². The third-order valence-corrected chi connectivity index (χ3v) is 10.9. The Balaban J connectivity index is 1.28. The maximum Gasteiger partial charge on any atom is 0.101 e. The first-order valence-electron chi connectivity index (χ1n) is 17.4. The Hall–Kier alpha value is -7.40. The average molecular weight is 659 g/mol. The zero-order chi connectivity index (χ0) is 34.5. The fourth-order valence-corrected chi connectivity index (χ4v) is 8.74. The van der Waals surface area contributed by atoms with Crippen molar-refractivity contribution in [2.45, 2.75) is 0 Å².